The first-order valence-electron chi connectivity index (χ1n) is 7.37. The highest BCUT2D eigenvalue weighted by molar-refractivity contribution is 7.20. The van der Waals surface area contributed by atoms with Gasteiger partial charge in [0.25, 0.3) is 0 Å². The third kappa shape index (κ3) is 3.24. The molecule has 0 bridgehead atoms. The molecule has 3 rings (SSSR count). The summed E-state index contributed by atoms with van der Waals surface area (Å²) in [7, 11) is 1.97. The van der Waals surface area contributed by atoms with Crippen LogP contribution in [0.2, 0.25) is 4.34 Å². The summed E-state index contributed by atoms with van der Waals surface area (Å²) >= 11 is 8.89. The third-order valence-electron chi connectivity index (χ3n) is 3.55. The smallest absolute Gasteiger partial charge is 0.348 e. The molecule has 5 nitrogen and oxygen atoms in total. The Bertz CT molecular complexity index is 891. The average molecular weight is 382 g/mol. The second-order valence-corrected chi connectivity index (χ2v) is 8.01. The fourth-order valence-electron chi connectivity index (χ4n) is 2.48. The van der Waals surface area contributed by atoms with E-state index in [1.54, 1.807) is 18.3 Å². The number of thiophene rings is 2. The second kappa shape index (κ2) is 7.04. The lowest BCUT2D eigenvalue weighted by atomic mass is 10.2. The number of carbonyl (C=O) groups excluding carboxylic acids is 1. The van der Waals surface area contributed by atoms with Gasteiger partial charge in [-0.15, -0.1) is 22.7 Å². The molecule has 126 valence electrons. The van der Waals surface area contributed by atoms with E-state index >= 15 is 0 Å². The summed E-state index contributed by atoms with van der Waals surface area (Å²) in [6.45, 7) is 4.75. The van der Waals surface area contributed by atoms with Crippen molar-refractivity contribution in [2.45, 2.75) is 20.4 Å². The number of hydrogen-bond donors (Lipinski definition) is 0. The third-order valence-corrected chi connectivity index (χ3v) is 5.95. The van der Waals surface area contributed by atoms with Crippen molar-refractivity contribution in [3.05, 3.63) is 38.1 Å². The number of fused-ring (bicyclic) bond motifs is 1. The number of ether oxygens (including phenoxy) is 1. The van der Waals surface area contributed by atoms with Gasteiger partial charge in [-0.2, -0.15) is 0 Å². The van der Waals surface area contributed by atoms with Crippen molar-refractivity contribution in [2.24, 2.45) is 0 Å². The summed E-state index contributed by atoms with van der Waals surface area (Å²) in [5, 5.41) is 0.899. The Labute approximate surface area is 152 Å². The molecule has 0 aliphatic rings. The van der Waals surface area contributed by atoms with Crippen molar-refractivity contribution in [2.75, 3.05) is 18.6 Å². The van der Waals surface area contributed by atoms with E-state index in [9.17, 15) is 4.79 Å². The van der Waals surface area contributed by atoms with E-state index in [-0.39, 0.29) is 5.97 Å². The first-order valence-corrected chi connectivity index (χ1v) is 9.39. The summed E-state index contributed by atoms with van der Waals surface area (Å²) in [6, 6.07) is 3.89. The Morgan fingerprint density at radius 1 is 1.33 bits per heavy atom. The van der Waals surface area contributed by atoms with E-state index in [2.05, 4.69) is 9.97 Å². The van der Waals surface area contributed by atoms with Crippen molar-refractivity contribution < 1.29 is 9.53 Å². The van der Waals surface area contributed by atoms with Crippen LogP contribution in [0.1, 0.15) is 27.0 Å². The Balaban J connectivity index is 2.00. The molecule has 0 unspecified atom stereocenters. The molecule has 0 amide bonds. The van der Waals surface area contributed by atoms with Gasteiger partial charge in [0.2, 0.25) is 0 Å². The van der Waals surface area contributed by atoms with Crippen molar-refractivity contribution in [3.63, 3.8) is 0 Å². The van der Waals surface area contributed by atoms with Crippen LogP contribution in [0.25, 0.3) is 10.2 Å². The SMILES string of the molecule is CCOC(=O)c1sc2ncnc(N(C)Cc3ccc(Cl)s3)c2c1C. The molecule has 0 fully saturated rings. The molecule has 0 spiro atoms. The molecule has 0 atom stereocenters. The van der Waals surface area contributed by atoms with Gasteiger partial charge in [0.15, 0.2) is 0 Å². The Kier molecular flexibility index (Phi) is 5.03. The zero-order valence-electron chi connectivity index (χ0n) is 13.5. The van der Waals surface area contributed by atoms with E-state index < -0.39 is 0 Å². The number of halogens is 1. The number of anilines is 1. The minimum Gasteiger partial charge on any atom is -0.462 e. The minimum atomic E-state index is -0.309. The van der Waals surface area contributed by atoms with Gasteiger partial charge >= 0.3 is 5.97 Å². The van der Waals surface area contributed by atoms with Crippen LogP contribution < -0.4 is 4.90 Å². The maximum atomic E-state index is 12.1. The number of aryl methyl sites for hydroxylation is 1. The van der Waals surface area contributed by atoms with Crippen LogP contribution in [0.15, 0.2) is 18.5 Å². The summed E-state index contributed by atoms with van der Waals surface area (Å²) in [4.78, 5) is 25.4. The molecular weight excluding hydrogens is 366 g/mol. The number of aromatic nitrogens is 2. The largest absolute Gasteiger partial charge is 0.462 e. The lowest BCUT2D eigenvalue weighted by Crippen LogP contribution is -2.17. The molecule has 0 aliphatic carbocycles. The van der Waals surface area contributed by atoms with Crippen LogP contribution in [-0.4, -0.2) is 29.6 Å². The van der Waals surface area contributed by atoms with Gasteiger partial charge in [0, 0.05) is 11.9 Å². The fraction of sp³-hybridized carbons (Fsp3) is 0.312. The second-order valence-electron chi connectivity index (χ2n) is 5.22. The summed E-state index contributed by atoms with van der Waals surface area (Å²) in [5.74, 6) is 0.491. The van der Waals surface area contributed by atoms with E-state index in [1.165, 1.54) is 17.7 Å². The van der Waals surface area contributed by atoms with Crippen LogP contribution >= 0.6 is 34.3 Å². The van der Waals surface area contributed by atoms with Crippen LogP contribution in [0, 0.1) is 6.92 Å². The fourth-order valence-corrected chi connectivity index (χ4v) is 4.66. The predicted molar refractivity (Wildman–Crippen MR) is 99.5 cm³/mol. The van der Waals surface area contributed by atoms with Gasteiger partial charge in [0.05, 0.1) is 22.9 Å². The molecule has 0 saturated heterocycles. The number of carbonyl (C=O) groups is 1. The van der Waals surface area contributed by atoms with Gasteiger partial charge in [-0.3, -0.25) is 0 Å². The first-order chi connectivity index (χ1) is 11.5. The zero-order valence-corrected chi connectivity index (χ0v) is 15.9. The van der Waals surface area contributed by atoms with Crippen molar-refractivity contribution >= 4 is 56.3 Å². The molecule has 3 aromatic heterocycles. The molecule has 8 heteroatoms. The summed E-state index contributed by atoms with van der Waals surface area (Å²) < 4.78 is 5.90. The van der Waals surface area contributed by atoms with E-state index in [1.807, 2.05) is 31.0 Å². The standard InChI is InChI=1S/C16H16ClN3O2S2/c1-4-22-16(21)13-9(2)12-14(18-8-19-15(12)24-13)20(3)7-10-5-6-11(17)23-10/h5-6,8H,4,7H2,1-3H3. The average Bonchev–Trinajstić information content (AvgIpc) is 3.11. The highest BCUT2D eigenvalue weighted by atomic mass is 35.5. The first kappa shape index (κ1) is 17.1. The van der Waals surface area contributed by atoms with Gasteiger partial charge in [0.1, 0.15) is 21.9 Å². The van der Waals surface area contributed by atoms with Crippen molar-refractivity contribution in [3.8, 4) is 0 Å². The maximum absolute atomic E-state index is 12.1. The molecule has 0 radical (unpaired) electrons. The number of nitrogens with zero attached hydrogens (tertiary/aromatic N) is 3. The Hall–Kier alpha value is -1.70. The molecule has 24 heavy (non-hydrogen) atoms. The number of esters is 1. The summed E-state index contributed by atoms with van der Waals surface area (Å²) in [5.41, 5.74) is 0.861. The molecule has 0 saturated carbocycles. The predicted octanol–water partition coefficient (Wildman–Crippen LogP) is 4.53. The molecule has 0 aliphatic heterocycles. The maximum Gasteiger partial charge on any atom is 0.348 e. The van der Waals surface area contributed by atoms with Gasteiger partial charge < -0.3 is 9.64 Å². The van der Waals surface area contributed by atoms with E-state index in [0.29, 0.717) is 18.0 Å². The van der Waals surface area contributed by atoms with Crippen LogP contribution in [-0.2, 0) is 11.3 Å². The van der Waals surface area contributed by atoms with E-state index in [0.717, 1.165) is 30.8 Å². The van der Waals surface area contributed by atoms with Gasteiger partial charge in [-0.25, -0.2) is 14.8 Å². The zero-order chi connectivity index (χ0) is 17.3. The molecule has 3 heterocycles. The van der Waals surface area contributed by atoms with Gasteiger partial charge in [-0.1, -0.05) is 11.6 Å². The number of rotatable bonds is 5. The topological polar surface area (TPSA) is 55.3 Å². The minimum absolute atomic E-state index is 0.309. The Morgan fingerprint density at radius 2 is 2.12 bits per heavy atom. The van der Waals surface area contributed by atoms with Crippen LogP contribution in [0.3, 0.4) is 0 Å². The monoisotopic (exact) mass is 381 g/mol. The lowest BCUT2D eigenvalue weighted by molar-refractivity contribution is 0.0531. The highest BCUT2D eigenvalue weighted by Gasteiger charge is 2.21. The van der Waals surface area contributed by atoms with Crippen molar-refractivity contribution in [1.82, 2.24) is 9.97 Å². The Morgan fingerprint density at radius 3 is 2.79 bits per heavy atom. The van der Waals surface area contributed by atoms with Crippen LogP contribution in [0.5, 0.6) is 0 Å². The highest BCUT2D eigenvalue weighted by Crippen LogP contribution is 2.35. The lowest BCUT2D eigenvalue weighted by Gasteiger charge is -2.18. The van der Waals surface area contributed by atoms with E-state index in [4.69, 9.17) is 16.3 Å². The molecular formula is C16H16ClN3O2S2. The normalized spacial score (nSPS) is 11.0. The molecule has 0 N–H and O–H groups in total. The molecule has 0 aromatic carbocycles. The van der Waals surface area contributed by atoms with Crippen molar-refractivity contribution in [1.29, 1.82) is 0 Å². The van der Waals surface area contributed by atoms with Crippen LogP contribution in [0.4, 0.5) is 5.82 Å². The van der Waals surface area contributed by atoms with Gasteiger partial charge in [-0.05, 0) is 31.5 Å². The quantitative estimate of drug-likeness (QED) is 0.608. The summed E-state index contributed by atoms with van der Waals surface area (Å²) in [6.07, 6.45) is 1.53. The molecule has 3 aromatic rings. The number of hydrogen-bond acceptors (Lipinski definition) is 7.